The Morgan fingerprint density at radius 2 is 1.83 bits per heavy atom. The molecule has 128 valence electrons. The van der Waals surface area contributed by atoms with E-state index in [4.69, 9.17) is 21.2 Å². The van der Waals surface area contributed by atoms with Gasteiger partial charge in [0.1, 0.15) is 0 Å². The van der Waals surface area contributed by atoms with Crippen LogP contribution in [0, 0.1) is 0 Å². The maximum Gasteiger partial charge on any atom is 0.304 e. The highest BCUT2D eigenvalue weighted by atomic mass is 35.5. The first-order valence-electron chi connectivity index (χ1n) is 7.85. The average Bonchev–Trinajstić information content (AvgIpc) is 3.03. The molecular weight excluding hydrogens is 332 g/mol. The van der Waals surface area contributed by atoms with E-state index in [1.54, 1.807) is 12.1 Å². The summed E-state index contributed by atoms with van der Waals surface area (Å²) >= 11 is 5.88. The zero-order chi connectivity index (χ0) is 16.9. The lowest BCUT2D eigenvalue weighted by Gasteiger charge is -2.33. The lowest BCUT2D eigenvalue weighted by atomic mass is 10.2. The quantitative estimate of drug-likeness (QED) is 0.852. The highest BCUT2D eigenvalue weighted by Crippen LogP contribution is 2.19. The third-order valence-electron chi connectivity index (χ3n) is 4.04. The highest BCUT2D eigenvalue weighted by molar-refractivity contribution is 6.30. The average molecular weight is 351 g/mol. The molecule has 7 nitrogen and oxygen atoms in total. The van der Waals surface area contributed by atoms with E-state index >= 15 is 0 Å². The lowest BCUT2D eigenvalue weighted by Crippen LogP contribution is -2.46. The van der Waals surface area contributed by atoms with Gasteiger partial charge in [0.15, 0.2) is 0 Å². The minimum Gasteiger partial charge on any atom is -0.481 e. The van der Waals surface area contributed by atoms with E-state index in [0.717, 1.165) is 31.7 Å². The second-order valence-corrected chi connectivity index (χ2v) is 6.22. The molecule has 1 aromatic carbocycles. The van der Waals surface area contributed by atoms with Gasteiger partial charge < -0.3 is 14.5 Å². The first kappa shape index (κ1) is 16.9. The number of piperazine rings is 1. The predicted octanol–water partition coefficient (Wildman–Crippen LogP) is 1.98. The molecule has 0 saturated carbocycles. The third kappa shape index (κ3) is 4.53. The summed E-state index contributed by atoms with van der Waals surface area (Å²) in [5, 5.41) is 13.4. The number of aliphatic carboxylic acids is 1. The number of hydrogen-bond donors (Lipinski definition) is 1. The SMILES string of the molecule is O=C(O)CCN1CCN(Cc2nc(-c3ccc(Cl)cc3)no2)CC1. The van der Waals surface area contributed by atoms with Gasteiger partial charge in [-0.1, -0.05) is 16.8 Å². The summed E-state index contributed by atoms with van der Waals surface area (Å²) in [5.74, 6) is 0.388. The first-order chi connectivity index (χ1) is 11.6. The second-order valence-electron chi connectivity index (χ2n) is 5.78. The molecular formula is C16H19ClN4O3. The van der Waals surface area contributed by atoms with Crippen molar-refractivity contribution in [1.82, 2.24) is 19.9 Å². The van der Waals surface area contributed by atoms with Crippen LogP contribution >= 0.6 is 11.6 Å². The number of nitrogens with zero attached hydrogens (tertiary/aromatic N) is 4. The minimum atomic E-state index is -0.752. The van der Waals surface area contributed by atoms with Crippen LogP contribution in [0.5, 0.6) is 0 Å². The van der Waals surface area contributed by atoms with Crippen molar-refractivity contribution in [3.8, 4) is 11.4 Å². The molecule has 1 saturated heterocycles. The Bertz CT molecular complexity index is 681. The fraction of sp³-hybridized carbons (Fsp3) is 0.438. The van der Waals surface area contributed by atoms with Crippen LogP contribution in [-0.4, -0.2) is 63.7 Å². The van der Waals surface area contributed by atoms with Crippen molar-refractivity contribution in [2.45, 2.75) is 13.0 Å². The van der Waals surface area contributed by atoms with E-state index in [2.05, 4.69) is 19.9 Å². The van der Waals surface area contributed by atoms with Crippen LogP contribution in [0.15, 0.2) is 28.8 Å². The van der Waals surface area contributed by atoms with E-state index in [1.165, 1.54) is 0 Å². The van der Waals surface area contributed by atoms with Crippen LogP contribution in [0.4, 0.5) is 0 Å². The van der Waals surface area contributed by atoms with Gasteiger partial charge in [-0.15, -0.1) is 0 Å². The molecule has 1 N–H and O–H groups in total. The van der Waals surface area contributed by atoms with Gasteiger partial charge in [-0.25, -0.2) is 0 Å². The molecule has 1 aromatic heterocycles. The summed E-state index contributed by atoms with van der Waals surface area (Å²) < 4.78 is 5.33. The molecule has 0 spiro atoms. The maximum absolute atomic E-state index is 10.6. The Hall–Kier alpha value is -1.96. The summed E-state index contributed by atoms with van der Waals surface area (Å²) in [7, 11) is 0. The normalized spacial score (nSPS) is 16.4. The second kappa shape index (κ2) is 7.74. The summed E-state index contributed by atoms with van der Waals surface area (Å²) in [4.78, 5) is 19.4. The lowest BCUT2D eigenvalue weighted by molar-refractivity contribution is -0.137. The van der Waals surface area contributed by atoms with Crippen LogP contribution in [0.3, 0.4) is 0 Å². The first-order valence-corrected chi connectivity index (χ1v) is 8.23. The minimum absolute atomic E-state index is 0.189. The van der Waals surface area contributed by atoms with Crippen molar-refractivity contribution < 1.29 is 14.4 Å². The molecule has 0 atom stereocenters. The Morgan fingerprint density at radius 3 is 2.50 bits per heavy atom. The molecule has 0 radical (unpaired) electrons. The molecule has 1 aliphatic heterocycles. The largest absolute Gasteiger partial charge is 0.481 e. The van der Waals surface area contributed by atoms with Crippen molar-refractivity contribution in [2.75, 3.05) is 32.7 Å². The van der Waals surface area contributed by atoms with Gasteiger partial charge in [-0.05, 0) is 24.3 Å². The van der Waals surface area contributed by atoms with Gasteiger partial charge in [0.05, 0.1) is 13.0 Å². The Balaban J connectivity index is 1.51. The number of benzene rings is 1. The van der Waals surface area contributed by atoms with E-state index in [9.17, 15) is 4.79 Å². The van der Waals surface area contributed by atoms with Crippen molar-refractivity contribution in [1.29, 1.82) is 0 Å². The molecule has 1 aliphatic rings. The van der Waals surface area contributed by atoms with Crippen molar-refractivity contribution in [2.24, 2.45) is 0 Å². The zero-order valence-corrected chi connectivity index (χ0v) is 13.9. The number of rotatable bonds is 6. The van der Waals surface area contributed by atoms with Crippen molar-refractivity contribution >= 4 is 17.6 Å². The van der Waals surface area contributed by atoms with E-state index in [-0.39, 0.29) is 6.42 Å². The summed E-state index contributed by atoms with van der Waals surface area (Å²) in [6.45, 7) is 4.63. The van der Waals surface area contributed by atoms with Gasteiger partial charge in [-0.2, -0.15) is 4.98 Å². The fourth-order valence-electron chi connectivity index (χ4n) is 2.65. The Morgan fingerprint density at radius 1 is 1.17 bits per heavy atom. The standard InChI is InChI=1S/C16H19ClN4O3/c17-13-3-1-12(2-4-13)16-18-14(24-19-16)11-21-9-7-20(8-10-21)6-5-15(22)23/h1-4H,5-11H2,(H,22,23). The monoisotopic (exact) mass is 350 g/mol. The topological polar surface area (TPSA) is 82.7 Å². The van der Waals surface area contributed by atoms with Gasteiger partial charge in [0.2, 0.25) is 11.7 Å². The van der Waals surface area contributed by atoms with E-state index in [0.29, 0.717) is 29.8 Å². The summed E-state index contributed by atoms with van der Waals surface area (Å²) in [6.07, 6.45) is 0.189. The zero-order valence-electron chi connectivity index (χ0n) is 13.2. The maximum atomic E-state index is 10.6. The molecule has 0 amide bonds. The van der Waals surface area contributed by atoms with E-state index < -0.39 is 5.97 Å². The summed E-state index contributed by atoms with van der Waals surface area (Å²) in [6, 6.07) is 7.31. The Kier molecular flexibility index (Phi) is 5.44. The predicted molar refractivity (Wildman–Crippen MR) is 88.7 cm³/mol. The third-order valence-corrected chi connectivity index (χ3v) is 4.29. The molecule has 8 heteroatoms. The van der Waals surface area contributed by atoms with Crippen LogP contribution < -0.4 is 0 Å². The number of carbonyl (C=O) groups is 1. The number of hydrogen-bond acceptors (Lipinski definition) is 6. The van der Waals surface area contributed by atoms with Gasteiger partial charge in [-0.3, -0.25) is 9.69 Å². The van der Waals surface area contributed by atoms with Gasteiger partial charge in [0.25, 0.3) is 0 Å². The molecule has 24 heavy (non-hydrogen) atoms. The fourth-order valence-corrected chi connectivity index (χ4v) is 2.78. The molecule has 0 unspecified atom stereocenters. The molecule has 2 heterocycles. The number of carboxylic acid groups (broad SMARTS) is 1. The van der Waals surface area contributed by atoms with Crippen LogP contribution in [-0.2, 0) is 11.3 Å². The smallest absolute Gasteiger partial charge is 0.304 e. The van der Waals surface area contributed by atoms with E-state index in [1.807, 2.05) is 12.1 Å². The number of aromatic nitrogens is 2. The molecule has 1 fully saturated rings. The number of carboxylic acids is 1. The van der Waals surface area contributed by atoms with Crippen LogP contribution in [0.1, 0.15) is 12.3 Å². The molecule has 0 aliphatic carbocycles. The summed E-state index contributed by atoms with van der Waals surface area (Å²) in [5.41, 5.74) is 0.868. The molecule has 3 rings (SSSR count). The van der Waals surface area contributed by atoms with Gasteiger partial charge >= 0.3 is 5.97 Å². The number of halogens is 1. The Labute approximate surface area is 144 Å². The van der Waals surface area contributed by atoms with Gasteiger partial charge in [0, 0.05) is 43.3 Å². The van der Waals surface area contributed by atoms with Crippen LogP contribution in [0.25, 0.3) is 11.4 Å². The molecule has 2 aromatic rings. The van der Waals surface area contributed by atoms with Crippen molar-refractivity contribution in [3.05, 3.63) is 35.2 Å². The van der Waals surface area contributed by atoms with Crippen LogP contribution in [0.2, 0.25) is 5.02 Å². The van der Waals surface area contributed by atoms with Crippen molar-refractivity contribution in [3.63, 3.8) is 0 Å². The molecule has 0 bridgehead atoms. The highest BCUT2D eigenvalue weighted by Gasteiger charge is 2.19.